The van der Waals surface area contributed by atoms with E-state index in [1.807, 2.05) is 6.92 Å². The second kappa shape index (κ2) is 9.04. The molecule has 1 fully saturated rings. The van der Waals surface area contributed by atoms with E-state index in [0.29, 0.717) is 6.61 Å². The minimum Gasteiger partial charge on any atom is -0.463 e. The molecule has 1 aliphatic heterocycles. The van der Waals surface area contributed by atoms with Crippen LogP contribution in [0.1, 0.15) is 33.6 Å². The molecule has 1 heterocycles. The van der Waals surface area contributed by atoms with Crippen LogP contribution in [0.4, 0.5) is 0 Å². The number of aliphatic hydroxyl groups excluding tert-OH is 2. The normalized spacial score (nSPS) is 31.6. The van der Waals surface area contributed by atoms with Crippen molar-refractivity contribution in [1.82, 2.24) is 0 Å². The first-order valence-corrected chi connectivity index (χ1v) is 7.30. The highest BCUT2D eigenvalue weighted by Gasteiger charge is 2.47. The zero-order valence-corrected chi connectivity index (χ0v) is 13.1. The highest BCUT2D eigenvalue weighted by molar-refractivity contribution is 5.66. The van der Waals surface area contributed by atoms with Crippen LogP contribution in [0.2, 0.25) is 0 Å². The van der Waals surface area contributed by atoms with Gasteiger partial charge in [0.1, 0.15) is 24.9 Å². The quantitative estimate of drug-likeness (QED) is 0.488. The number of unbranched alkanes of at least 4 members (excludes halogenated alkanes) is 1. The Labute approximate surface area is 129 Å². The standard InChI is InChI=1S/C14H24O8/c1-4-5-6-19-13-11(17)14(18)22-10(7-20-8(2)15)12(13)21-9(3)16/h10-14,17-18H,4-7H2,1-3H3/t10-,11+,12-,13-,14+/m1/s1. The molecule has 2 N–H and O–H groups in total. The van der Waals surface area contributed by atoms with Crippen molar-refractivity contribution in [3.05, 3.63) is 0 Å². The molecule has 0 saturated carbocycles. The maximum absolute atomic E-state index is 11.3. The largest absolute Gasteiger partial charge is 0.463 e. The Morgan fingerprint density at radius 3 is 2.36 bits per heavy atom. The SMILES string of the molecule is CCCCO[C@@H]1[C@H](O)[C@@H](O)O[C@H](COC(C)=O)[C@H]1OC(C)=O. The van der Waals surface area contributed by atoms with Crippen molar-refractivity contribution < 1.29 is 38.7 Å². The molecular weight excluding hydrogens is 296 g/mol. The number of hydrogen-bond donors (Lipinski definition) is 2. The molecule has 0 aromatic carbocycles. The summed E-state index contributed by atoms with van der Waals surface area (Å²) in [6, 6.07) is 0. The molecule has 0 spiro atoms. The first kappa shape index (κ1) is 18.8. The van der Waals surface area contributed by atoms with Gasteiger partial charge in [0.05, 0.1) is 0 Å². The number of esters is 2. The fourth-order valence-electron chi connectivity index (χ4n) is 2.13. The molecule has 0 amide bonds. The molecule has 1 aliphatic rings. The summed E-state index contributed by atoms with van der Waals surface area (Å²) in [5.41, 5.74) is 0. The van der Waals surface area contributed by atoms with E-state index in [2.05, 4.69) is 0 Å². The smallest absolute Gasteiger partial charge is 0.303 e. The van der Waals surface area contributed by atoms with Gasteiger partial charge >= 0.3 is 11.9 Å². The van der Waals surface area contributed by atoms with Crippen molar-refractivity contribution in [2.45, 2.75) is 64.3 Å². The van der Waals surface area contributed by atoms with Crippen LogP contribution in [-0.2, 0) is 28.5 Å². The molecule has 8 nitrogen and oxygen atoms in total. The van der Waals surface area contributed by atoms with Gasteiger partial charge in [-0.25, -0.2) is 0 Å². The third-order valence-corrected chi connectivity index (χ3v) is 3.19. The van der Waals surface area contributed by atoms with Gasteiger partial charge in [-0.2, -0.15) is 0 Å². The summed E-state index contributed by atoms with van der Waals surface area (Å²) in [5.74, 6) is -1.12. The topological polar surface area (TPSA) is 112 Å². The molecule has 1 rings (SSSR count). The van der Waals surface area contributed by atoms with E-state index in [0.717, 1.165) is 12.8 Å². The summed E-state index contributed by atoms with van der Waals surface area (Å²) in [5, 5.41) is 19.8. The van der Waals surface area contributed by atoms with Crippen LogP contribution in [0, 0.1) is 0 Å². The molecule has 0 aromatic heterocycles. The summed E-state index contributed by atoms with van der Waals surface area (Å²) in [6.07, 6.45) is -4.10. The fourth-order valence-corrected chi connectivity index (χ4v) is 2.13. The van der Waals surface area contributed by atoms with Crippen LogP contribution < -0.4 is 0 Å². The van der Waals surface area contributed by atoms with E-state index < -0.39 is 42.6 Å². The number of hydrogen-bond acceptors (Lipinski definition) is 8. The van der Waals surface area contributed by atoms with E-state index >= 15 is 0 Å². The van der Waals surface area contributed by atoms with Gasteiger partial charge in [-0.05, 0) is 6.42 Å². The number of ether oxygens (including phenoxy) is 4. The summed E-state index contributed by atoms with van der Waals surface area (Å²) in [4.78, 5) is 22.2. The van der Waals surface area contributed by atoms with Gasteiger partial charge in [0, 0.05) is 20.5 Å². The van der Waals surface area contributed by atoms with Gasteiger partial charge in [-0.3, -0.25) is 9.59 Å². The number of carbonyl (C=O) groups is 2. The molecule has 1 saturated heterocycles. The van der Waals surface area contributed by atoms with Gasteiger partial charge in [-0.1, -0.05) is 13.3 Å². The maximum Gasteiger partial charge on any atom is 0.303 e. The third kappa shape index (κ3) is 5.53. The summed E-state index contributed by atoms with van der Waals surface area (Å²) < 4.78 is 20.7. The lowest BCUT2D eigenvalue weighted by Crippen LogP contribution is -2.61. The average Bonchev–Trinajstić information content (AvgIpc) is 2.43. The van der Waals surface area contributed by atoms with Crippen LogP contribution in [0.15, 0.2) is 0 Å². The molecule has 128 valence electrons. The first-order valence-electron chi connectivity index (χ1n) is 7.30. The van der Waals surface area contributed by atoms with Crippen molar-refractivity contribution in [2.24, 2.45) is 0 Å². The molecule has 22 heavy (non-hydrogen) atoms. The number of carbonyl (C=O) groups excluding carboxylic acids is 2. The van der Waals surface area contributed by atoms with Gasteiger partial charge in [0.25, 0.3) is 0 Å². The van der Waals surface area contributed by atoms with E-state index in [9.17, 15) is 19.8 Å². The Morgan fingerprint density at radius 2 is 1.82 bits per heavy atom. The molecule has 0 aliphatic carbocycles. The van der Waals surface area contributed by atoms with Gasteiger partial charge in [0.2, 0.25) is 0 Å². The van der Waals surface area contributed by atoms with Crippen molar-refractivity contribution in [3.63, 3.8) is 0 Å². The first-order chi connectivity index (χ1) is 10.4. The highest BCUT2D eigenvalue weighted by atomic mass is 16.7. The average molecular weight is 320 g/mol. The zero-order valence-electron chi connectivity index (χ0n) is 13.1. The highest BCUT2D eigenvalue weighted by Crippen LogP contribution is 2.25. The molecule has 0 bridgehead atoms. The van der Waals surface area contributed by atoms with Crippen molar-refractivity contribution >= 4 is 11.9 Å². The monoisotopic (exact) mass is 320 g/mol. The van der Waals surface area contributed by atoms with Crippen LogP contribution >= 0.6 is 0 Å². The third-order valence-electron chi connectivity index (χ3n) is 3.19. The lowest BCUT2D eigenvalue weighted by molar-refractivity contribution is -0.297. The second-order valence-electron chi connectivity index (χ2n) is 5.12. The predicted octanol–water partition coefficient (Wildman–Crippen LogP) is -0.255. The lowest BCUT2D eigenvalue weighted by atomic mass is 9.98. The Kier molecular flexibility index (Phi) is 7.74. The van der Waals surface area contributed by atoms with E-state index in [1.54, 1.807) is 0 Å². The van der Waals surface area contributed by atoms with Crippen LogP contribution in [0.5, 0.6) is 0 Å². The Hall–Kier alpha value is -1.22. The van der Waals surface area contributed by atoms with E-state index in [1.165, 1.54) is 13.8 Å². The van der Waals surface area contributed by atoms with Crippen LogP contribution in [0.3, 0.4) is 0 Å². The van der Waals surface area contributed by atoms with Gasteiger partial charge in [0.15, 0.2) is 12.4 Å². The summed E-state index contributed by atoms with van der Waals surface area (Å²) >= 11 is 0. The summed E-state index contributed by atoms with van der Waals surface area (Å²) in [6.45, 7) is 4.53. The Morgan fingerprint density at radius 1 is 1.14 bits per heavy atom. The van der Waals surface area contributed by atoms with Gasteiger partial charge in [-0.15, -0.1) is 0 Å². The Bertz CT molecular complexity index is 372. The molecule has 8 heteroatoms. The van der Waals surface area contributed by atoms with Gasteiger partial charge < -0.3 is 29.2 Å². The predicted molar refractivity (Wildman–Crippen MR) is 73.7 cm³/mol. The Balaban J connectivity index is 2.83. The van der Waals surface area contributed by atoms with Crippen molar-refractivity contribution in [1.29, 1.82) is 0 Å². The second-order valence-corrected chi connectivity index (χ2v) is 5.12. The molecule has 0 radical (unpaired) electrons. The maximum atomic E-state index is 11.3. The van der Waals surface area contributed by atoms with E-state index in [-0.39, 0.29) is 6.61 Å². The molecular formula is C14H24O8. The minimum absolute atomic E-state index is 0.218. The molecule has 0 aromatic rings. The molecule has 5 atom stereocenters. The van der Waals surface area contributed by atoms with E-state index in [4.69, 9.17) is 18.9 Å². The fraction of sp³-hybridized carbons (Fsp3) is 0.857. The number of rotatable bonds is 7. The van der Waals surface area contributed by atoms with Crippen LogP contribution in [-0.4, -0.2) is 66.1 Å². The van der Waals surface area contributed by atoms with Crippen molar-refractivity contribution in [3.8, 4) is 0 Å². The molecule has 0 unspecified atom stereocenters. The minimum atomic E-state index is -1.51. The van der Waals surface area contributed by atoms with Crippen molar-refractivity contribution in [2.75, 3.05) is 13.2 Å². The van der Waals surface area contributed by atoms with Crippen LogP contribution in [0.25, 0.3) is 0 Å². The lowest BCUT2D eigenvalue weighted by Gasteiger charge is -2.41. The summed E-state index contributed by atoms with van der Waals surface area (Å²) in [7, 11) is 0. The zero-order chi connectivity index (χ0) is 16.7. The number of aliphatic hydroxyl groups is 2.